The number of benzene rings is 2. The minimum absolute atomic E-state index is 0.200. The summed E-state index contributed by atoms with van der Waals surface area (Å²) in [6.07, 6.45) is 1.55. The Labute approximate surface area is 175 Å². The van der Waals surface area contributed by atoms with Gasteiger partial charge in [0.2, 0.25) is 0 Å². The Morgan fingerprint density at radius 3 is 2.53 bits per heavy atom. The predicted octanol–water partition coefficient (Wildman–Crippen LogP) is 3.83. The first kappa shape index (κ1) is 21.1. The maximum Gasteiger partial charge on any atom is 0.344 e. The number of para-hydroxylation sites is 1. The Kier molecular flexibility index (Phi) is 6.51. The van der Waals surface area contributed by atoms with Gasteiger partial charge < -0.3 is 14.2 Å². The van der Waals surface area contributed by atoms with Gasteiger partial charge in [-0.05, 0) is 56.7 Å². The molecule has 0 aromatic heterocycles. The second-order valence-corrected chi connectivity index (χ2v) is 6.93. The fourth-order valence-electron chi connectivity index (χ4n) is 2.92. The third-order valence-electron chi connectivity index (χ3n) is 4.27. The van der Waals surface area contributed by atoms with Crippen molar-refractivity contribution in [1.29, 1.82) is 0 Å². The number of rotatable bonds is 7. The van der Waals surface area contributed by atoms with Crippen molar-refractivity contribution in [2.45, 2.75) is 26.9 Å². The Morgan fingerprint density at radius 1 is 1.13 bits per heavy atom. The van der Waals surface area contributed by atoms with E-state index >= 15 is 0 Å². The van der Waals surface area contributed by atoms with E-state index in [2.05, 4.69) is 5.10 Å². The van der Waals surface area contributed by atoms with Gasteiger partial charge in [-0.2, -0.15) is 10.1 Å². The largest absolute Gasteiger partial charge is 0.493 e. The van der Waals surface area contributed by atoms with Crippen LogP contribution in [0.15, 0.2) is 59.2 Å². The summed E-state index contributed by atoms with van der Waals surface area (Å²) in [6, 6.07) is 14.5. The van der Waals surface area contributed by atoms with E-state index in [0.717, 1.165) is 5.56 Å². The van der Waals surface area contributed by atoms with Gasteiger partial charge >= 0.3 is 5.97 Å². The van der Waals surface area contributed by atoms with E-state index in [0.29, 0.717) is 28.5 Å². The first-order chi connectivity index (χ1) is 14.4. The maximum absolute atomic E-state index is 12.8. The van der Waals surface area contributed by atoms with Crippen LogP contribution in [0.3, 0.4) is 0 Å². The third-order valence-corrected chi connectivity index (χ3v) is 4.27. The van der Waals surface area contributed by atoms with Crippen LogP contribution >= 0.6 is 0 Å². The molecule has 0 aliphatic carbocycles. The first-order valence-corrected chi connectivity index (χ1v) is 9.56. The van der Waals surface area contributed by atoms with Crippen LogP contribution < -0.4 is 14.5 Å². The lowest BCUT2D eigenvalue weighted by atomic mass is 10.1. The molecule has 0 spiro atoms. The normalized spacial score (nSPS) is 14.8. The van der Waals surface area contributed by atoms with Crippen molar-refractivity contribution in [1.82, 2.24) is 0 Å². The van der Waals surface area contributed by atoms with Gasteiger partial charge in [0.05, 0.1) is 30.2 Å². The van der Waals surface area contributed by atoms with Crippen LogP contribution in [0.1, 0.15) is 26.3 Å². The molecule has 0 bridgehead atoms. The van der Waals surface area contributed by atoms with Crippen LogP contribution in [0.2, 0.25) is 0 Å². The number of esters is 1. The summed E-state index contributed by atoms with van der Waals surface area (Å²) in [7, 11) is 1.51. The molecule has 3 rings (SSSR count). The molecular weight excluding hydrogens is 384 g/mol. The van der Waals surface area contributed by atoms with Crippen molar-refractivity contribution in [2.75, 3.05) is 18.7 Å². The number of hydrazone groups is 1. The van der Waals surface area contributed by atoms with Crippen molar-refractivity contribution < 1.29 is 23.8 Å². The second-order valence-electron chi connectivity index (χ2n) is 6.93. The highest BCUT2D eigenvalue weighted by atomic mass is 16.6. The summed E-state index contributed by atoms with van der Waals surface area (Å²) in [5.74, 6) is 0.202. The highest BCUT2D eigenvalue weighted by Gasteiger charge is 2.28. The monoisotopic (exact) mass is 408 g/mol. The SMILES string of the molecule is COc1cc(/C=C2/C(=O)N(c3ccccc3)N=C2C)ccc1OCC(=O)OC(C)C. The molecule has 7 nitrogen and oxygen atoms in total. The molecule has 0 saturated carbocycles. The molecule has 0 radical (unpaired) electrons. The standard InChI is InChI=1S/C23H24N2O5/c1-15(2)30-22(26)14-29-20-11-10-17(13-21(20)28-4)12-19-16(3)24-25(23(19)27)18-8-6-5-7-9-18/h5-13,15H,14H2,1-4H3/b19-12+. The number of carbonyl (C=O) groups is 2. The number of amides is 1. The summed E-state index contributed by atoms with van der Waals surface area (Å²) < 4.78 is 15.9. The minimum Gasteiger partial charge on any atom is -0.493 e. The predicted molar refractivity (Wildman–Crippen MR) is 115 cm³/mol. The molecular formula is C23H24N2O5. The van der Waals surface area contributed by atoms with Crippen LogP contribution in [-0.2, 0) is 14.3 Å². The average Bonchev–Trinajstić information content (AvgIpc) is 3.01. The molecule has 0 saturated heterocycles. The summed E-state index contributed by atoms with van der Waals surface area (Å²) >= 11 is 0. The van der Waals surface area contributed by atoms with E-state index in [1.165, 1.54) is 12.1 Å². The molecule has 2 aromatic rings. The van der Waals surface area contributed by atoms with Crippen molar-refractivity contribution in [3.63, 3.8) is 0 Å². The van der Waals surface area contributed by atoms with Crippen LogP contribution in [0.4, 0.5) is 5.69 Å². The van der Waals surface area contributed by atoms with Crippen LogP contribution in [0.25, 0.3) is 6.08 Å². The molecule has 2 aromatic carbocycles. The Balaban J connectivity index is 1.78. The number of hydrogen-bond donors (Lipinski definition) is 0. The lowest BCUT2D eigenvalue weighted by Gasteiger charge is -2.13. The quantitative estimate of drug-likeness (QED) is 0.514. The van der Waals surface area contributed by atoms with Crippen molar-refractivity contribution in [2.24, 2.45) is 5.10 Å². The van der Waals surface area contributed by atoms with E-state index in [9.17, 15) is 9.59 Å². The Morgan fingerprint density at radius 2 is 1.87 bits per heavy atom. The molecule has 1 aliphatic rings. The Bertz CT molecular complexity index is 996. The van der Waals surface area contributed by atoms with E-state index < -0.39 is 5.97 Å². The average molecular weight is 408 g/mol. The van der Waals surface area contributed by atoms with Crippen molar-refractivity contribution in [3.8, 4) is 11.5 Å². The van der Waals surface area contributed by atoms with Gasteiger partial charge in [0.1, 0.15) is 0 Å². The molecule has 0 fully saturated rings. The van der Waals surface area contributed by atoms with Gasteiger partial charge in [-0.25, -0.2) is 4.79 Å². The smallest absolute Gasteiger partial charge is 0.344 e. The van der Waals surface area contributed by atoms with Gasteiger partial charge in [0, 0.05) is 0 Å². The van der Waals surface area contributed by atoms with E-state index in [4.69, 9.17) is 14.2 Å². The highest BCUT2D eigenvalue weighted by molar-refractivity contribution is 6.32. The first-order valence-electron chi connectivity index (χ1n) is 9.56. The fourth-order valence-corrected chi connectivity index (χ4v) is 2.92. The maximum atomic E-state index is 12.8. The summed E-state index contributed by atoms with van der Waals surface area (Å²) in [6.45, 7) is 5.12. The molecule has 0 unspecified atom stereocenters. The summed E-state index contributed by atoms with van der Waals surface area (Å²) in [5, 5.41) is 5.76. The molecule has 7 heteroatoms. The lowest BCUT2D eigenvalue weighted by Crippen LogP contribution is -2.21. The number of hydrogen-bond acceptors (Lipinski definition) is 6. The van der Waals surface area contributed by atoms with Crippen LogP contribution in [-0.4, -0.2) is 37.4 Å². The van der Waals surface area contributed by atoms with Gasteiger partial charge in [-0.1, -0.05) is 24.3 Å². The van der Waals surface area contributed by atoms with Gasteiger partial charge in [-0.15, -0.1) is 0 Å². The van der Waals surface area contributed by atoms with E-state index in [-0.39, 0.29) is 18.6 Å². The third kappa shape index (κ3) is 4.86. The molecule has 1 amide bonds. The lowest BCUT2D eigenvalue weighted by molar-refractivity contribution is -0.149. The molecule has 30 heavy (non-hydrogen) atoms. The summed E-state index contributed by atoms with van der Waals surface area (Å²) in [5.41, 5.74) is 2.58. The van der Waals surface area contributed by atoms with Crippen molar-refractivity contribution in [3.05, 3.63) is 59.7 Å². The van der Waals surface area contributed by atoms with E-state index in [1.54, 1.807) is 45.0 Å². The Hall–Kier alpha value is -3.61. The topological polar surface area (TPSA) is 77.4 Å². The van der Waals surface area contributed by atoms with Crippen LogP contribution in [0.5, 0.6) is 11.5 Å². The molecule has 0 atom stereocenters. The minimum atomic E-state index is -0.456. The fraction of sp³-hybridized carbons (Fsp3) is 0.261. The van der Waals surface area contributed by atoms with Gasteiger partial charge in [0.15, 0.2) is 18.1 Å². The highest BCUT2D eigenvalue weighted by Crippen LogP contribution is 2.30. The zero-order valence-corrected chi connectivity index (χ0v) is 17.4. The molecule has 0 N–H and O–H groups in total. The number of ether oxygens (including phenoxy) is 3. The summed E-state index contributed by atoms with van der Waals surface area (Å²) in [4.78, 5) is 24.5. The number of anilines is 1. The number of nitrogens with zero attached hydrogens (tertiary/aromatic N) is 2. The van der Waals surface area contributed by atoms with Gasteiger partial charge in [-0.3, -0.25) is 4.79 Å². The number of methoxy groups -OCH3 is 1. The molecule has 1 aliphatic heterocycles. The molecule has 1 heterocycles. The van der Waals surface area contributed by atoms with Crippen molar-refractivity contribution >= 4 is 29.4 Å². The number of carbonyl (C=O) groups excluding carboxylic acids is 2. The molecule has 156 valence electrons. The van der Waals surface area contributed by atoms with Gasteiger partial charge in [0.25, 0.3) is 5.91 Å². The van der Waals surface area contributed by atoms with E-state index in [1.807, 2.05) is 30.3 Å². The van der Waals surface area contributed by atoms with Crippen LogP contribution in [0, 0.1) is 0 Å². The second kappa shape index (κ2) is 9.26. The zero-order chi connectivity index (χ0) is 21.7. The zero-order valence-electron chi connectivity index (χ0n) is 17.4.